The van der Waals surface area contributed by atoms with Gasteiger partial charge in [-0.1, -0.05) is 55.5 Å². The quantitative estimate of drug-likeness (QED) is 0.905. The molecule has 0 spiro atoms. The molecule has 1 N–H and O–H groups in total. The molecule has 126 valence electrons. The molecule has 1 fully saturated rings. The molecular formula is C17H20N4O2S. The zero-order valence-electron chi connectivity index (χ0n) is 13.7. The van der Waals surface area contributed by atoms with E-state index >= 15 is 0 Å². The molecule has 3 rings (SSSR count). The van der Waals surface area contributed by atoms with Crippen molar-refractivity contribution in [2.45, 2.75) is 32.7 Å². The van der Waals surface area contributed by atoms with Crippen LogP contribution < -0.4 is 5.32 Å². The number of likely N-dealkylation sites (tertiary alicyclic amines) is 1. The van der Waals surface area contributed by atoms with Crippen LogP contribution in [0.2, 0.25) is 0 Å². The number of benzene rings is 1. The lowest BCUT2D eigenvalue weighted by Gasteiger charge is -2.16. The van der Waals surface area contributed by atoms with Gasteiger partial charge in [0, 0.05) is 25.4 Å². The summed E-state index contributed by atoms with van der Waals surface area (Å²) >= 11 is 1.38. The predicted molar refractivity (Wildman–Crippen MR) is 92.6 cm³/mol. The van der Waals surface area contributed by atoms with Crippen LogP contribution in [0.4, 0.5) is 5.13 Å². The second kappa shape index (κ2) is 7.09. The van der Waals surface area contributed by atoms with E-state index in [0.29, 0.717) is 18.2 Å². The Kier molecular flexibility index (Phi) is 4.89. The molecular weight excluding hydrogens is 324 g/mol. The van der Waals surface area contributed by atoms with Crippen molar-refractivity contribution in [3.05, 3.63) is 40.9 Å². The van der Waals surface area contributed by atoms with Gasteiger partial charge < -0.3 is 10.2 Å². The first-order valence-corrected chi connectivity index (χ1v) is 8.80. The van der Waals surface area contributed by atoms with Crippen LogP contribution in [0.25, 0.3) is 0 Å². The van der Waals surface area contributed by atoms with Crippen molar-refractivity contribution in [2.75, 3.05) is 11.9 Å². The lowest BCUT2D eigenvalue weighted by molar-refractivity contribution is -0.128. The smallest absolute Gasteiger partial charge is 0.231 e. The molecule has 0 unspecified atom stereocenters. The minimum atomic E-state index is -0.340. The van der Waals surface area contributed by atoms with Crippen molar-refractivity contribution in [1.82, 2.24) is 15.1 Å². The monoisotopic (exact) mass is 344 g/mol. The van der Waals surface area contributed by atoms with Crippen molar-refractivity contribution in [1.29, 1.82) is 0 Å². The largest absolute Gasteiger partial charge is 0.338 e. The molecule has 6 nitrogen and oxygen atoms in total. The number of amides is 2. The summed E-state index contributed by atoms with van der Waals surface area (Å²) in [6, 6.07) is 9.80. The Morgan fingerprint density at radius 2 is 2.08 bits per heavy atom. The molecule has 7 heteroatoms. The van der Waals surface area contributed by atoms with E-state index in [-0.39, 0.29) is 30.1 Å². The first-order valence-electron chi connectivity index (χ1n) is 7.99. The Morgan fingerprint density at radius 3 is 2.75 bits per heavy atom. The molecule has 1 aromatic carbocycles. The normalized spacial score (nSPS) is 17.5. The molecule has 24 heavy (non-hydrogen) atoms. The zero-order chi connectivity index (χ0) is 17.1. The summed E-state index contributed by atoms with van der Waals surface area (Å²) in [6.07, 6.45) is 0.245. The van der Waals surface area contributed by atoms with Gasteiger partial charge in [-0.25, -0.2) is 0 Å². The second-order valence-electron chi connectivity index (χ2n) is 6.25. The van der Waals surface area contributed by atoms with Crippen LogP contribution in [-0.2, 0) is 16.1 Å². The van der Waals surface area contributed by atoms with Gasteiger partial charge in [-0.2, -0.15) is 0 Å². The summed E-state index contributed by atoms with van der Waals surface area (Å²) in [5.41, 5.74) is 1.07. The Hall–Kier alpha value is -2.28. The summed E-state index contributed by atoms with van der Waals surface area (Å²) in [6.45, 7) is 5.04. The van der Waals surface area contributed by atoms with Gasteiger partial charge in [0.25, 0.3) is 0 Å². The van der Waals surface area contributed by atoms with E-state index in [1.807, 2.05) is 44.2 Å². The maximum atomic E-state index is 12.4. The van der Waals surface area contributed by atoms with E-state index in [0.717, 1.165) is 10.6 Å². The highest BCUT2D eigenvalue weighted by Gasteiger charge is 2.34. The number of carbonyl (C=O) groups excluding carboxylic acids is 2. The lowest BCUT2D eigenvalue weighted by Crippen LogP contribution is -2.28. The van der Waals surface area contributed by atoms with Crippen molar-refractivity contribution in [3.8, 4) is 0 Å². The molecule has 2 aromatic rings. The van der Waals surface area contributed by atoms with Gasteiger partial charge in [0.15, 0.2) is 0 Å². The molecule has 0 saturated carbocycles. The second-order valence-corrected chi connectivity index (χ2v) is 7.26. The van der Waals surface area contributed by atoms with Gasteiger partial charge >= 0.3 is 0 Å². The van der Waals surface area contributed by atoms with Gasteiger partial charge in [-0.05, 0) is 5.56 Å². The summed E-state index contributed by atoms with van der Waals surface area (Å²) in [5.74, 6) is -0.209. The molecule has 1 saturated heterocycles. The van der Waals surface area contributed by atoms with Gasteiger partial charge in [0.05, 0.1) is 5.92 Å². The Labute approximate surface area is 144 Å². The van der Waals surface area contributed by atoms with Crippen LogP contribution in [0.3, 0.4) is 0 Å². The average Bonchev–Trinajstić information content (AvgIpc) is 3.16. The summed E-state index contributed by atoms with van der Waals surface area (Å²) in [7, 11) is 0. The standard InChI is InChI=1S/C17H20N4O2S/c1-11(2)16-19-20-17(24-16)18-15(23)13-8-14(22)21(10-13)9-12-6-4-3-5-7-12/h3-7,11,13H,8-10H2,1-2H3,(H,18,20,23)/t13-/m0/s1. The van der Waals surface area contributed by atoms with Crippen LogP contribution in [0.1, 0.15) is 36.8 Å². The Balaban J connectivity index is 1.59. The molecule has 1 aromatic heterocycles. The highest BCUT2D eigenvalue weighted by atomic mass is 32.1. The van der Waals surface area contributed by atoms with E-state index < -0.39 is 0 Å². The third-order valence-corrected chi connectivity index (χ3v) is 5.11. The minimum Gasteiger partial charge on any atom is -0.338 e. The number of nitrogens with one attached hydrogen (secondary N) is 1. The van der Waals surface area contributed by atoms with E-state index in [2.05, 4.69) is 15.5 Å². The Bertz CT molecular complexity index is 729. The van der Waals surface area contributed by atoms with Crippen molar-refractivity contribution < 1.29 is 9.59 Å². The third kappa shape index (κ3) is 3.79. The van der Waals surface area contributed by atoms with Gasteiger partial charge in [-0.3, -0.25) is 9.59 Å². The fourth-order valence-corrected chi connectivity index (χ4v) is 3.38. The number of hydrogen-bond donors (Lipinski definition) is 1. The number of rotatable bonds is 5. The van der Waals surface area contributed by atoms with E-state index in [1.54, 1.807) is 4.90 Å². The lowest BCUT2D eigenvalue weighted by atomic mass is 10.1. The highest BCUT2D eigenvalue weighted by molar-refractivity contribution is 7.15. The molecule has 1 aliphatic rings. The van der Waals surface area contributed by atoms with Crippen LogP contribution in [-0.4, -0.2) is 33.5 Å². The molecule has 2 heterocycles. The maximum Gasteiger partial charge on any atom is 0.231 e. The van der Waals surface area contributed by atoms with Crippen LogP contribution in [0, 0.1) is 5.92 Å². The average molecular weight is 344 g/mol. The maximum absolute atomic E-state index is 12.4. The molecule has 0 aliphatic carbocycles. The van der Waals surface area contributed by atoms with Crippen molar-refractivity contribution >= 4 is 28.3 Å². The molecule has 0 radical (unpaired) electrons. The fourth-order valence-electron chi connectivity index (χ4n) is 2.63. The number of anilines is 1. The molecule has 2 amide bonds. The van der Waals surface area contributed by atoms with Crippen molar-refractivity contribution in [2.24, 2.45) is 5.92 Å². The topological polar surface area (TPSA) is 75.2 Å². The number of carbonyl (C=O) groups is 2. The SMILES string of the molecule is CC(C)c1nnc(NC(=O)[C@H]2CC(=O)N(Cc3ccccc3)C2)s1. The summed E-state index contributed by atoms with van der Waals surface area (Å²) in [4.78, 5) is 26.3. The molecule has 1 atom stereocenters. The fraction of sp³-hybridized carbons (Fsp3) is 0.412. The first-order chi connectivity index (χ1) is 11.5. The van der Waals surface area contributed by atoms with Gasteiger partial charge in [0.1, 0.15) is 5.01 Å². The first kappa shape index (κ1) is 16.6. The highest BCUT2D eigenvalue weighted by Crippen LogP contribution is 2.25. The van der Waals surface area contributed by atoms with Crippen LogP contribution in [0.5, 0.6) is 0 Å². The van der Waals surface area contributed by atoms with Crippen LogP contribution in [0.15, 0.2) is 30.3 Å². The van der Waals surface area contributed by atoms with E-state index in [1.165, 1.54) is 11.3 Å². The van der Waals surface area contributed by atoms with E-state index in [9.17, 15) is 9.59 Å². The number of hydrogen-bond acceptors (Lipinski definition) is 5. The summed E-state index contributed by atoms with van der Waals surface area (Å²) in [5, 5.41) is 12.2. The third-order valence-electron chi connectivity index (χ3n) is 3.97. The zero-order valence-corrected chi connectivity index (χ0v) is 14.5. The number of nitrogens with zero attached hydrogens (tertiary/aromatic N) is 3. The van der Waals surface area contributed by atoms with Gasteiger partial charge in [0.2, 0.25) is 16.9 Å². The Morgan fingerprint density at radius 1 is 1.33 bits per heavy atom. The number of aromatic nitrogens is 2. The van der Waals surface area contributed by atoms with Crippen molar-refractivity contribution in [3.63, 3.8) is 0 Å². The van der Waals surface area contributed by atoms with Crippen LogP contribution >= 0.6 is 11.3 Å². The molecule has 1 aliphatic heterocycles. The minimum absolute atomic E-state index is 0.0131. The predicted octanol–water partition coefficient (Wildman–Crippen LogP) is 2.65. The molecule has 0 bridgehead atoms. The van der Waals surface area contributed by atoms with E-state index in [4.69, 9.17) is 0 Å². The summed E-state index contributed by atoms with van der Waals surface area (Å²) < 4.78 is 0. The van der Waals surface area contributed by atoms with Gasteiger partial charge in [-0.15, -0.1) is 10.2 Å².